The zero-order valence-electron chi connectivity index (χ0n) is 10.4. The standard InChI is InChI=1S/C15H16ClN/c1-15(2,3)12-6-4-11(5-7-12)14-10-13(16)8-9-17-14/h4-10H,1-3H3. The van der Waals surface area contributed by atoms with Gasteiger partial charge in [0.15, 0.2) is 0 Å². The molecule has 0 aliphatic heterocycles. The number of rotatable bonds is 1. The highest BCUT2D eigenvalue weighted by molar-refractivity contribution is 6.30. The average Bonchev–Trinajstić information content (AvgIpc) is 2.28. The number of benzene rings is 1. The van der Waals surface area contributed by atoms with E-state index in [-0.39, 0.29) is 5.41 Å². The zero-order chi connectivity index (χ0) is 12.5. The Balaban J connectivity index is 2.36. The van der Waals surface area contributed by atoms with Gasteiger partial charge in [-0.1, -0.05) is 56.6 Å². The van der Waals surface area contributed by atoms with Crippen molar-refractivity contribution in [2.24, 2.45) is 0 Å². The molecule has 0 fully saturated rings. The molecule has 0 amide bonds. The van der Waals surface area contributed by atoms with Crippen molar-refractivity contribution in [2.75, 3.05) is 0 Å². The topological polar surface area (TPSA) is 12.9 Å². The van der Waals surface area contributed by atoms with Crippen LogP contribution < -0.4 is 0 Å². The van der Waals surface area contributed by atoms with Gasteiger partial charge in [-0.3, -0.25) is 4.98 Å². The predicted octanol–water partition coefficient (Wildman–Crippen LogP) is 4.70. The second-order valence-electron chi connectivity index (χ2n) is 5.19. The summed E-state index contributed by atoms with van der Waals surface area (Å²) in [4.78, 5) is 4.32. The number of hydrogen-bond acceptors (Lipinski definition) is 1. The van der Waals surface area contributed by atoms with Crippen LogP contribution in [-0.2, 0) is 5.41 Å². The quantitative estimate of drug-likeness (QED) is 0.710. The van der Waals surface area contributed by atoms with Gasteiger partial charge in [-0.15, -0.1) is 0 Å². The SMILES string of the molecule is CC(C)(C)c1ccc(-c2cc(Cl)ccn2)cc1. The first-order valence-electron chi connectivity index (χ1n) is 5.69. The third-order valence-corrected chi connectivity index (χ3v) is 3.00. The molecular weight excluding hydrogens is 230 g/mol. The fourth-order valence-corrected chi connectivity index (χ4v) is 1.86. The van der Waals surface area contributed by atoms with Crippen molar-refractivity contribution in [2.45, 2.75) is 26.2 Å². The van der Waals surface area contributed by atoms with E-state index < -0.39 is 0 Å². The van der Waals surface area contributed by atoms with Crippen molar-refractivity contribution in [3.8, 4) is 11.3 Å². The Bertz CT molecular complexity index is 509. The third kappa shape index (κ3) is 2.86. The minimum atomic E-state index is 0.181. The van der Waals surface area contributed by atoms with Crippen molar-refractivity contribution < 1.29 is 0 Å². The highest BCUT2D eigenvalue weighted by atomic mass is 35.5. The molecule has 0 aliphatic carbocycles. The Hall–Kier alpha value is -1.34. The van der Waals surface area contributed by atoms with Crippen LogP contribution in [0.3, 0.4) is 0 Å². The molecule has 0 saturated heterocycles. The molecule has 0 atom stereocenters. The Labute approximate surface area is 107 Å². The first-order valence-corrected chi connectivity index (χ1v) is 6.07. The Kier molecular flexibility index (Phi) is 3.21. The van der Waals surface area contributed by atoms with E-state index in [0.29, 0.717) is 0 Å². The lowest BCUT2D eigenvalue weighted by Crippen LogP contribution is -2.10. The van der Waals surface area contributed by atoms with E-state index in [1.165, 1.54) is 5.56 Å². The summed E-state index contributed by atoms with van der Waals surface area (Å²) in [7, 11) is 0. The molecule has 0 unspecified atom stereocenters. The molecule has 0 spiro atoms. The van der Waals surface area contributed by atoms with Crippen molar-refractivity contribution in [3.63, 3.8) is 0 Å². The van der Waals surface area contributed by atoms with Crippen LogP contribution in [0.1, 0.15) is 26.3 Å². The maximum absolute atomic E-state index is 5.96. The van der Waals surface area contributed by atoms with Gasteiger partial charge in [0.25, 0.3) is 0 Å². The van der Waals surface area contributed by atoms with Gasteiger partial charge >= 0.3 is 0 Å². The third-order valence-electron chi connectivity index (χ3n) is 2.77. The van der Waals surface area contributed by atoms with Gasteiger partial charge < -0.3 is 0 Å². The van der Waals surface area contributed by atoms with Crippen LogP contribution in [0.5, 0.6) is 0 Å². The fraction of sp³-hybridized carbons (Fsp3) is 0.267. The van der Waals surface area contributed by atoms with Crippen LogP contribution in [-0.4, -0.2) is 4.98 Å². The highest BCUT2D eigenvalue weighted by Gasteiger charge is 2.13. The number of hydrogen-bond donors (Lipinski definition) is 0. The monoisotopic (exact) mass is 245 g/mol. The van der Waals surface area contributed by atoms with E-state index in [1.54, 1.807) is 12.3 Å². The summed E-state index contributed by atoms with van der Waals surface area (Å²) < 4.78 is 0. The van der Waals surface area contributed by atoms with Gasteiger partial charge in [0.1, 0.15) is 0 Å². The summed E-state index contributed by atoms with van der Waals surface area (Å²) in [5.41, 5.74) is 3.52. The average molecular weight is 246 g/mol. The lowest BCUT2D eigenvalue weighted by atomic mass is 9.86. The lowest BCUT2D eigenvalue weighted by molar-refractivity contribution is 0.590. The second kappa shape index (κ2) is 4.50. The molecule has 0 saturated carbocycles. The molecule has 0 aliphatic rings. The van der Waals surface area contributed by atoms with E-state index in [4.69, 9.17) is 11.6 Å². The summed E-state index contributed by atoms with van der Waals surface area (Å²) in [6.45, 7) is 6.62. The fourth-order valence-electron chi connectivity index (χ4n) is 1.70. The van der Waals surface area contributed by atoms with Crippen LogP contribution in [0.4, 0.5) is 0 Å². The van der Waals surface area contributed by atoms with Gasteiger partial charge in [-0.2, -0.15) is 0 Å². The van der Waals surface area contributed by atoms with E-state index in [9.17, 15) is 0 Å². The van der Waals surface area contributed by atoms with E-state index >= 15 is 0 Å². The molecule has 1 heterocycles. The highest BCUT2D eigenvalue weighted by Crippen LogP contribution is 2.26. The molecule has 1 aromatic heterocycles. The summed E-state index contributed by atoms with van der Waals surface area (Å²) >= 11 is 5.96. The van der Waals surface area contributed by atoms with Crippen LogP contribution >= 0.6 is 11.6 Å². The minimum Gasteiger partial charge on any atom is -0.256 e. The summed E-state index contributed by atoms with van der Waals surface area (Å²) in [5.74, 6) is 0. The van der Waals surface area contributed by atoms with Gasteiger partial charge in [-0.25, -0.2) is 0 Å². The first-order chi connectivity index (χ1) is 7.97. The van der Waals surface area contributed by atoms with Gasteiger partial charge in [0.2, 0.25) is 0 Å². The van der Waals surface area contributed by atoms with Crippen LogP contribution in [0, 0.1) is 0 Å². The van der Waals surface area contributed by atoms with Crippen LogP contribution in [0.25, 0.3) is 11.3 Å². The lowest BCUT2D eigenvalue weighted by Gasteiger charge is -2.19. The Morgan fingerprint density at radius 1 is 1.00 bits per heavy atom. The smallest absolute Gasteiger partial charge is 0.0716 e. The molecule has 0 N–H and O–H groups in total. The molecule has 88 valence electrons. The van der Waals surface area contributed by atoms with E-state index in [2.05, 4.69) is 50.0 Å². The van der Waals surface area contributed by atoms with Crippen molar-refractivity contribution in [1.29, 1.82) is 0 Å². The zero-order valence-corrected chi connectivity index (χ0v) is 11.1. The number of aromatic nitrogens is 1. The van der Waals surface area contributed by atoms with Gasteiger partial charge in [0, 0.05) is 16.8 Å². The van der Waals surface area contributed by atoms with Crippen LogP contribution in [0.15, 0.2) is 42.6 Å². The van der Waals surface area contributed by atoms with E-state index in [1.807, 2.05) is 6.07 Å². The summed E-state index contributed by atoms with van der Waals surface area (Å²) in [5, 5.41) is 0.717. The normalized spacial score (nSPS) is 11.5. The number of nitrogens with zero attached hydrogens (tertiary/aromatic N) is 1. The number of pyridine rings is 1. The molecule has 1 aromatic carbocycles. The molecule has 17 heavy (non-hydrogen) atoms. The van der Waals surface area contributed by atoms with Crippen molar-refractivity contribution >= 4 is 11.6 Å². The minimum absolute atomic E-state index is 0.181. The maximum Gasteiger partial charge on any atom is 0.0716 e. The maximum atomic E-state index is 5.96. The van der Waals surface area contributed by atoms with E-state index in [0.717, 1.165) is 16.3 Å². The second-order valence-corrected chi connectivity index (χ2v) is 5.62. The molecular formula is C15H16ClN. The van der Waals surface area contributed by atoms with Crippen LogP contribution in [0.2, 0.25) is 5.02 Å². The summed E-state index contributed by atoms with van der Waals surface area (Å²) in [6.07, 6.45) is 1.73. The Morgan fingerprint density at radius 2 is 1.65 bits per heavy atom. The molecule has 0 radical (unpaired) electrons. The molecule has 2 heteroatoms. The van der Waals surface area contributed by atoms with Gasteiger partial charge in [0.05, 0.1) is 5.69 Å². The molecule has 1 nitrogen and oxygen atoms in total. The molecule has 2 rings (SSSR count). The summed E-state index contributed by atoms with van der Waals surface area (Å²) in [6, 6.07) is 12.2. The first kappa shape index (κ1) is 12.1. The van der Waals surface area contributed by atoms with Gasteiger partial charge in [-0.05, 0) is 23.1 Å². The predicted molar refractivity (Wildman–Crippen MR) is 73.4 cm³/mol. The largest absolute Gasteiger partial charge is 0.256 e. The molecule has 0 bridgehead atoms. The van der Waals surface area contributed by atoms with Crippen molar-refractivity contribution in [1.82, 2.24) is 4.98 Å². The van der Waals surface area contributed by atoms with Crippen molar-refractivity contribution in [3.05, 3.63) is 53.2 Å². The Morgan fingerprint density at radius 3 is 2.18 bits per heavy atom. The molecule has 2 aromatic rings. The number of halogens is 1.